The molecule has 1 nitrogen and oxygen atoms in total. The first-order valence-corrected chi connectivity index (χ1v) is 5.27. The first-order valence-electron chi connectivity index (χ1n) is 4.52. The zero-order valence-corrected chi connectivity index (χ0v) is 9.37. The molecule has 0 N–H and O–H groups in total. The summed E-state index contributed by atoms with van der Waals surface area (Å²) in [5.41, 5.74) is 0. The van der Waals surface area contributed by atoms with E-state index in [0.717, 1.165) is 0 Å². The standard InChI is InChI=1S/C12H9Cl2O/c13-10-4-6-11(7-5-10)15-12(14)8-2-1-3-9-12/h1-9H. The van der Waals surface area contributed by atoms with Crippen LogP contribution in [0.5, 0.6) is 5.75 Å². The zero-order valence-electron chi connectivity index (χ0n) is 7.86. The van der Waals surface area contributed by atoms with Crippen molar-refractivity contribution in [1.82, 2.24) is 0 Å². The third-order valence-corrected chi connectivity index (χ3v) is 2.54. The average Bonchev–Trinajstić information content (AvgIpc) is 2.22. The number of allylic oxidation sites excluding steroid dienone is 2. The molecule has 0 fully saturated rings. The highest BCUT2D eigenvalue weighted by Crippen LogP contribution is 2.29. The average molecular weight is 240 g/mol. The Bertz CT molecular complexity index is 395. The molecule has 0 saturated heterocycles. The summed E-state index contributed by atoms with van der Waals surface area (Å²) in [4.78, 5) is 0. The van der Waals surface area contributed by atoms with Crippen molar-refractivity contribution in [2.24, 2.45) is 0 Å². The van der Waals surface area contributed by atoms with Crippen molar-refractivity contribution in [3.05, 3.63) is 60.0 Å². The summed E-state index contributed by atoms with van der Waals surface area (Å²) in [5, 5.41) is -0.211. The van der Waals surface area contributed by atoms with E-state index in [4.69, 9.17) is 27.9 Å². The molecule has 15 heavy (non-hydrogen) atoms. The van der Waals surface area contributed by atoms with Gasteiger partial charge in [0.15, 0.2) is 0 Å². The Morgan fingerprint density at radius 2 is 1.73 bits per heavy atom. The first kappa shape index (κ1) is 10.6. The van der Waals surface area contributed by atoms with Gasteiger partial charge in [-0.3, -0.25) is 0 Å². The molecular weight excluding hydrogens is 231 g/mol. The summed E-state index contributed by atoms with van der Waals surface area (Å²) < 4.78 is 5.61. The normalized spacial score (nSPS) is 24.1. The molecule has 1 aliphatic carbocycles. The van der Waals surface area contributed by atoms with Crippen molar-refractivity contribution < 1.29 is 4.74 Å². The quantitative estimate of drug-likeness (QED) is 0.710. The monoisotopic (exact) mass is 239 g/mol. The molecule has 1 aliphatic rings. The minimum atomic E-state index is -0.886. The Labute approximate surface area is 99.0 Å². The summed E-state index contributed by atoms with van der Waals surface area (Å²) in [6.07, 6.45) is 9.16. The molecule has 0 aliphatic heterocycles. The van der Waals surface area contributed by atoms with Gasteiger partial charge in [-0.05, 0) is 30.3 Å². The van der Waals surface area contributed by atoms with E-state index in [9.17, 15) is 0 Å². The van der Waals surface area contributed by atoms with Gasteiger partial charge in [0, 0.05) is 11.4 Å². The minimum absolute atomic E-state index is 0.675. The predicted molar refractivity (Wildman–Crippen MR) is 63.2 cm³/mol. The van der Waals surface area contributed by atoms with Crippen molar-refractivity contribution in [1.29, 1.82) is 0 Å². The molecule has 0 bridgehead atoms. The summed E-state index contributed by atoms with van der Waals surface area (Å²) in [6, 6.07) is 7.10. The van der Waals surface area contributed by atoms with Gasteiger partial charge in [-0.2, -0.15) is 0 Å². The summed E-state index contributed by atoms with van der Waals surface area (Å²) in [5.74, 6) is 0.686. The first-order chi connectivity index (χ1) is 7.18. The fourth-order valence-corrected chi connectivity index (χ4v) is 1.61. The van der Waals surface area contributed by atoms with Crippen LogP contribution in [-0.4, -0.2) is 5.06 Å². The van der Waals surface area contributed by atoms with Gasteiger partial charge in [0.1, 0.15) is 5.75 Å². The Hall–Kier alpha value is -0.920. The smallest absolute Gasteiger partial charge is 0.208 e. The van der Waals surface area contributed by atoms with Gasteiger partial charge in [-0.15, -0.1) is 0 Å². The van der Waals surface area contributed by atoms with Crippen molar-refractivity contribution >= 4 is 23.2 Å². The van der Waals surface area contributed by atoms with Gasteiger partial charge in [0.2, 0.25) is 5.06 Å². The SMILES string of the molecule is Clc1ccc(OC2(Cl)[CH]C=CC=C2)cc1. The zero-order chi connectivity index (χ0) is 10.7. The van der Waals surface area contributed by atoms with Crippen LogP contribution >= 0.6 is 23.2 Å². The molecule has 0 saturated carbocycles. The summed E-state index contributed by atoms with van der Waals surface area (Å²) >= 11 is 12.0. The number of rotatable bonds is 2. The van der Waals surface area contributed by atoms with E-state index in [0.29, 0.717) is 10.8 Å². The van der Waals surface area contributed by atoms with Crippen LogP contribution in [0.2, 0.25) is 5.02 Å². The molecule has 1 aromatic carbocycles. The third-order valence-electron chi connectivity index (χ3n) is 1.96. The number of ether oxygens (including phenoxy) is 1. The fraction of sp³-hybridized carbons (Fsp3) is 0.0833. The van der Waals surface area contributed by atoms with E-state index in [1.54, 1.807) is 36.8 Å². The highest BCUT2D eigenvalue weighted by atomic mass is 35.5. The van der Waals surface area contributed by atoms with Gasteiger partial charge in [-0.25, -0.2) is 0 Å². The lowest BCUT2D eigenvalue weighted by Gasteiger charge is -2.24. The molecular formula is C12H9Cl2O. The maximum absolute atomic E-state index is 6.20. The van der Waals surface area contributed by atoms with Gasteiger partial charge in [0.05, 0.1) is 0 Å². The second kappa shape index (κ2) is 4.30. The molecule has 0 amide bonds. The topological polar surface area (TPSA) is 9.23 Å². The highest BCUT2D eigenvalue weighted by molar-refractivity contribution is 6.30. The lowest BCUT2D eigenvalue weighted by Crippen LogP contribution is -2.27. The van der Waals surface area contributed by atoms with Crippen LogP contribution in [0.3, 0.4) is 0 Å². The Morgan fingerprint density at radius 3 is 2.33 bits per heavy atom. The number of hydrogen-bond acceptors (Lipinski definition) is 1. The van der Waals surface area contributed by atoms with Crippen LogP contribution in [0.25, 0.3) is 0 Å². The van der Waals surface area contributed by atoms with E-state index in [1.165, 1.54) is 0 Å². The molecule has 1 atom stereocenters. The van der Waals surface area contributed by atoms with Crippen molar-refractivity contribution in [2.45, 2.75) is 5.06 Å². The minimum Gasteiger partial charge on any atom is -0.468 e. The molecule has 0 heterocycles. The fourth-order valence-electron chi connectivity index (χ4n) is 1.24. The van der Waals surface area contributed by atoms with E-state index >= 15 is 0 Å². The lowest BCUT2D eigenvalue weighted by molar-refractivity contribution is 0.244. The van der Waals surface area contributed by atoms with Crippen LogP contribution in [0.4, 0.5) is 0 Å². The molecule has 0 spiro atoms. The Balaban J connectivity index is 2.11. The maximum Gasteiger partial charge on any atom is 0.208 e. The molecule has 1 unspecified atom stereocenters. The third kappa shape index (κ3) is 2.77. The van der Waals surface area contributed by atoms with E-state index in [2.05, 4.69) is 0 Å². The number of halogens is 2. The van der Waals surface area contributed by atoms with E-state index < -0.39 is 5.06 Å². The van der Waals surface area contributed by atoms with Crippen LogP contribution < -0.4 is 4.74 Å². The van der Waals surface area contributed by atoms with Crippen LogP contribution in [-0.2, 0) is 0 Å². The van der Waals surface area contributed by atoms with Gasteiger partial charge >= 0.3 is 0 Å². The molecule has 2 rings (SSSR count). The van der Waals surface area contributed by atoms with E-state index in [-0.39, 0.29) is 0 Å². The van der Waals surface area contributed by atoms with E-state index in [1.807, 2.05) is 18.2 Å². The van der Waals surface area contributed by atoms with Gasteiger partial charge in [-0.1, -0.05) is 41.4 Å². The largest absolute Gasteiger partial charge is 0.468 e. The van der Waals surface area contributed by atoms with Crippen LogP contribution in [0.15, 0.2) is 48.6 Å². The molecule has 1 aromatic rings. The molecule has 77 valence electrons. The number of alkyl halides is 1. The second-order valence-corrected chi connectivity index (χ2v) is 4.19. The van der Waals surface area contributed by atoms with Gasteiger partial charge in [0.25, 0.3) is 0 Å². The van der Waals surface area contributed by atoms with Crippen molar-refractivity contribution in [3.63, 3.8) is 0 Å². The number of hydrogen-bond donors (Lipinski definition) is 0. The molecule has 1 radical (unpaired) electrons. The van der Waals surface area contributed by atoms with Crippen LogP contribution in [0, 0.1) is 6.42 Å². The Kier molecular flexibility index (Phi) is 3.03. The number of benzene rings is 1. The molecule has 3 heteroatoms. The lowest BCUT2D eigenvalue weighted by atomic mass is 10.1. The maximum atomic E-state index is 6.20. The summed E-state index contributed by atoms with van der Waals surface area (Å²) in [7, 11) is 0. The summed E-state index contributed by atoms with van der Waals surface area (Å²) in [6.45, 7) is 0. The highest BCUT2D eigenvalue weighted by Gasteiger charge is 2.26. The predicted octanol–water partition coefficient (Wildman–Crippen LogP) is 3.98. The molecule has 0 aromatic heterocycles. The second-order valence-electron chi connectivity index (χ2n) is 3.16. The van der Waals surface area contributed by atoms with Crippen LogP contribution in [0.1, 0.15) is 0 Å². The Morgan fingerprint density at radius 1 is 1.00 bits per heavy atom. The van der Waals surface area contributed by atoms with Crippen molar-refractivity contribution in [2.75, 3.05) is 0 Å². The van der Waals surface area contributed by atoms with Gasteiger partial charge < -0.3 is 4.74 Å². The van der Waals surface area contributed by atoms with Crippen molar-refractivity contribution in [3.8, 4) is 5.75 Å².